The zero-order chi connectivity index (χ0) is 14.7. The molecule has 0 fully saturated rings. The van der Waals surface area contributed by atoms with Crippen molar-refractivity contribution < 1.29 is 19.4 Å². The van der Waals surface area contributed by atoms with Crippen LogP contribution in [0.4, 0.5) is 0 Å². The maximum absolute atomic E-state index is 11.5. The molecule has 5 heteroatoms. The van der Waals surface area contributed by atoms with Crippen LogP contribution in [0, 0.1) is 0 Å². The Morgan fingerprint density at radius 1 is 1.10 bits per heavy atom. The number of halogens is 1. The van der Waals surface area contributed by atoms with Gasteiger partial charge in [-0.2, -0.15) is 0 Å². The Kier molecular flexibility index (Phi) is 4.05. The van der Waals surface area contributed by atoms with Crippen LogP contribution < -0.4 is 5.11 Å². The predicted molar refractivity (Wildman–Crippen MR) is 72.6 cm³/mol. The van der Waals surface area contributed by atoms with E-state index >= 15 is 0 Å². The van der Waals surface area contributed by atoms with Gasteiger partial charge >= 0.3 is 5.97 Å². The maximum atomic E-state index is 11.5. The summed E-state index contributed by atoms with van der Waals surface area (Å²) in [6.07, 6.45) is 0. The summed E-state index contributed by atoms with van der Waals surface area (Å²) in [5.41, 5.74) is 1.77. The number of methoxy groups -OCH3 is 1. The first-order valence-electron chi connectivity index (χ1n) is 5.72. The Morgan fingerprint density at radius 3 is 2.40 bits per heavy atom. The van der Waals surface area contributed by atoms with E-state index in [1.807, 2.05) is 0 Å². The number of benzene rings is 2. The highest BCUT2D eigenvalue weighted by Gasteiger charge is 2.08. The van der Waals surface area contributed by atoms with Crippen LogP contribution in [0.1, 0.15) is 20.7 Å². The van der Waals surface area contributed by atoms with Crippen LogP contribution in [0.3, 0.4) is 0 Å². The fraction of sp³-hybridized carbons (Fsp3) is 0.0667. The first kappa shape index (κ1) is 14.1. The number of hydrogen-bond donors (Lipinski definition) is 0. The minimum Gasteiger partial charge on any atom is -0.545 e. The first-order chi connectivity index (χ1) is 9.52. The molecule has 4 nitrogen and oxygen atoms in total. The van der Waals surface area contributed by atoms with Crippen LogP contribution in [0.2, 0.25) is 5.02 Å². The Morgan fingerprint density at radius 2 is 1.80 bits per heavy atom. The SMILES string of the molecule is COC(=O)c1cccc(-c2ccc(C(=O)[O-])c(Cl)c2)c1. The third kappa shape index (κ3) is 2.81. The van der Waals surface area contributed by atoms with Gasteiger partial charge in [-0.25, -0.2) is 4.79 Å². The van der Waals surface area contributed by atoms with Crippen molar-refractivity contribution in [3.63, 3.8) is 0 Å². The molecule has 20 heavy (non-hydrogen) atoms. The second-order valence-electron chi connectivity index (χ2n) is 4.05. The van der Waals surface area contributed by atoms with Gasteiger partial charge in [0.2, 0.25) is 0 Å². The molecule has 0 N–H and O–H groups in total. The average Bonchev–Trinajstić information content (AvgIpc) is 2.46. The molecule has 0 saturated heterocycles. The fourth-order valence-corrected chi connectivity index (χ4v) is 2.06. The van der Waals surface area contributed by atoms with Crippen molar-refractivity contribution in [3.05, 3.63) is 58.6 Å². The van der Waals surface area contributed by atoms with Crippen molar-refractivity contribution in [2.45, 2.75) is 0 Å². The van der Waals surface area contributed by atoms with Gasteiger partial charge in [0, 0.05) is 5.56 Å². The van der Waals surface area contributed by atoms with E-state index in [-0.39, 0.29) is 10.6 Å². The molecule has 2 rings (SSSR count). The van der Waals surface area contributed by atoms with Gasteiger partial charge in [0.15, 0.2) is 0 Å². The smallest absolute Gasteiger partial charge is 0.337 e. The summed E-state index contributed by atoms with van der Waals surface area (Å²) in [5.74, 6) is -1.77. The number of aromatic carboxylic acids is 1. The lowest BCUT2D eigenvalue weighted by Gasteiger charge is -2.09. The van der Waals surface area contributed by atoms with Crippen LogP contribution in [0.5, 0.6) is 0 Å². The van der Waals surface area contributed by atoms with E-state index in [9.17, 15) is 14.7 Å². The summed E-state index contributed by atoms with van der Waals surface area (Å²) < 4.78 is 4.65. The molecule has 0 aliphatic carbocycles. The van der Waals surface area contributed by atoms with Gasteiger partial charge in [-0.15, -0.1) is 0 Å². The Labute approximate surface area is 120 Å². The van der Waals surface area contributed by atoms with Crippen molar-refractivity contribution in [1.82, 2.24) is 0 Å². The van der Waals surface area contributed by atoms with Gasteiger partial charge in [-0.1, -0.05) is 35.9 Å². The number of hydrogen-bond acceptors (Lipinski definition) is 4. The molecule has 0 radical (unpaired) electrons. The van der Waals surface area contributed by atoms with Crippen molar-refractivity contribution >= 4 is 23.5 Å². The highest BCUT2D eigenvalue weighted by molar-refractivity contribution is 6.33. The Balaban J connectivity index is 2.44. The summed E-state index contributed by atoms with van der Waals surface area (Å²) in [5, 5.41) is 10.9. The summed E-state index contributed by atoms with van der Waals surface area (Å²) >= 11 is 5.89. The van der Waals surface area contributed by atoms with Crippen LogP contribution in [0.15, 0.2) is 42.5 Å². The standard InChI is InChI=1S/C15H11ClO4/c1-20-15(19)11-4-2-3-9(7-11)10-5-6-12(14(17)18)13(16)8-10/h2-8H,1H3,(H,17,18)/p-1. The number of ether oxygens (including phenoxy) is 1. The van der Waals surface area contributed by atoms with Crippen molar-refractivity contribution in [2.75, 3.05) is 7.11 Å². The molecule has 102 valence electrons. The highest BCUT2D eigenvalue weighted by Crippen LogP contribution is 2.26. The van der Waals surface area contributed by atoms with E-state index in [1.165, 1.54) is 19.2 Å². The fourth-order valence-electron chi connectivity index (χ4n) is 1.80. The molecular weight excluding hydrogens is 280 g/mol. The molecule has 0 heterocycles. The third-order valence-corrected chi connectivity index (χ3v) is 3.12. The lowest BCUT2D eigenvalue weighted by Crippen LogP contribution is -2.22. The van der Waals surface area contributed by atoms with E-state index in [4.69, 9.17) is 11.6 Å². The predicted octanol–water partition coefficient (Wildman–Crippen LogP) is 2.16. The molecule has 0 saturated carbocycles. The molecule has 0 amide bonds. The van der Waals surface area contributed by atoms with Gasteiger partial charge in [-0.3, -0.25) is 0 Å². The molecule has 2 aromatic rings. The Bertz CT molecular complexity index is 679. The van der Waals surface area contributed by atoms with Crippen molar-refractivity contribution in [3.8, 4) is 11.1 Å². The monoisotopic (exact) mass is 289 g/mol. The van der Waals surface area contributed by atoms with Gasteiger partial charge in [0.1, 0.15) is 0 Å². The number of esters is 1. The molecule has 0 unspecified atom stereocenters. The molecule has 0 spiro atoms. The van der Waals surface area contributed by atoms with E-state index in [0.29, 0.717) is 11.1 Å². The molecule has 0 aromatic heterocycles. The molecule has 2 aromatic carbocycles. The molecule has 0 aliphatic rings. The summed E-state index contributed by atoms with van der Waals surface area (Å²) in [7, 11) is 1.31. The van der Waals surface area contributed by atoms with Crippen molar-refractivity contribution in [2.24, 2.45) is 0 Å². The maximum Gasteiger partial charge on any atom is 0.337 e. The van der Waals surface area contributed by atoms with E-state index in [1.54, 1.807) is 30.3 Å². The van der Waals surface area contributed by atoms with Crippen molar-refractivity contribution in [1.29, 1.82) is 0 Å². The highest BCUT2D eigenvalue weighted by atomic mass is 35.5. The topological polar surface area (TPSA) is 66.4 Å². The van der Waals surface area contributed by atoms with Gasteiger partial charge in [-0.05, 0) is 29.3 Å². The van der Waals surface area contributed by atoms with E-state index in [2.05, 4.69) is 4.74 Å². The number of carboxylic acid groups (broad SMARTS) is 1. The van der Waals surface area contributed by atoms with Crippen LogP contribution in [0.25, 0.3) is 11.1 Å². The summed E-state index contributed by atoms with van der Waals surface area (Å²) in [6.45, 7) is 0. The van der Waals surface area contributed by atoms with Crippen LogP contribution >= 0.6 is 11.6 Å². The first-order valence-corrected chi connectivity index (χ1v) is 6.10. The average molecular weight is 290 g/mol. The minimum atomic E-state index is -1.33. The molecule has 0 atom stereocenters. The van der Waals surface area contributed by atoms with E-state index in [0.717, 1.165) is 5.56 Å². The Hall–Kier alpha value is -2.33. The zero-order valence-corrected chi connectivity index (χ0v) is 11.3. The number of carboxylic acids is 1. The zero-order valence-electron chi connectivity index (χ0n) is 10.6. The summed E-state index contributed by atoms with van der Waals surface area (Å²) in [4.78, 5) is 22.3. The van der Waals surface area contributed by atoms with Gasteiger partial charge < -0.3 is 14.6 Å². The lowest BCUT2D eigenvalue weighted by atomic mass is 10.0. The summed E-state index contributed by atoms with van der Waals surface area (Å²) in [6, 6.07) is 11.3. The van der Waals surface area contributed by atoms with E-state index < -0.39 is 11.9 Å². The number of carbonyl (C=O) groups is 2. The quantitative estimate of drug-likeness (QED) is 0.812. The molecule has 0 bridgehead atoms. The second-order valence-corrected chi connectivity index (χ2v) is 4.46. The molecular formula is C15H10ClO4-. The molecule has 0 aliphatic heterocycles. The third-order valence-electron chi connectivity index (χ3n) is 2.81. The largest absolute Gasteiger partial charge is 0.545 e. The normalized spacial score (nSPS) is 10.1. The minimum absolute atomic E-state index is 0.0699. The number of carbonyl (C=O) groups excluding carboxylic acids is 2. The van der Waals surface area contributed by atoms with Gasteiger partial charge in [0.05, 0.1) is 23.7 Å². The van der Waals surface area contributed by atoms with Gasteiger partial charge in [0.25, 0.3) is 0 Å². The lowest BCUT2D eigenvalue weighted by molar-refractivity contribution is -0.255. The van der Waals surface area contributed by atoms with Crippen LogP contribution in [-0.4, -0.2) is 19.0 Å². The van der Waals surface area contributed by atoms with Crippen LogP contribution in [-0.2, 0) is 4.74 Å². The number of rotatable bonds is 3. The second kappa shape index (κ2) is 5.75.